The molecule has 0 spiro atoms. The van der Waals surface area contributed by atoms with Gasteiger partial charge in [0, 0.05) is 19.0 Å². The van der Waals surface area contributed by atoms with E-state index < -0.39 is 0 Å². The van der Waals surface area contributed by atoms with Gasteiger partial charge >= 0.3 is 0 Å². The predicted molar refractivity (Wildman–Crippen MR) is 82.2 cm³/mol. The summed E-state index contributed by atoms with van der Waals surface area (Å²) in [6.07, 6.45) is 9.49. The Morgan fingerprint density at radius 3 is 2.82 bits per heavy atom. The molecule has 0 radical (unpaired) electrons. The van der Waals surface area contributed by atoms with Crippen molar-refractivity contribution in [2.24, 2.45) is 11.7 Å². The molecule has 22 heavy (non-hydrogen) atoms. The lowest BCUT2D eigenvalue weighted by molar-refractivity contribution is -0.118. The highest BCUT2D eigenvalue weighted by Crippen LogP contribution is 2.28. The molecule has 3 N–H and O–H groups in total. The third kappa shape index (κ3) is 3.15. The fourth-order valence-electron chi connectivity index (χ4n) is 3.79. The summed E-state index contributed by atoms with van der Waals surface area (Å²) in [5.41, 5.74) is 7.05. The van der Waals surface area contributed by atoms with Crippen LogP contribution in [0, 0.1) is 5.92 Å². The molecule has 1 aliphatic heterocycles. The first-order valence-corrected chi connectivity index (χ1v) is 8.29. The van der Waals surface area contributed by atoms with E-state index in [0.717, 1.165) is 37.9 Å². The number of nitrogens with two attached hydrogens (primary N) is 1. The molecular formula is C16H24N4O2. The van der Waals surface area contributed by atoms with Crippen LogP contribution in [-0.2, 0) is 17.8 Å². The van der Waals surface area contributed by atoms with Gasteiger partial charge in [0.25, 0.3) is 5.91 Å². The topological polar surface area (TPSA) is 90.0 Å². The molecule has 2 aliphatic rings. The number of aromatic nitrogens is 2. The lowest BCUT2D eigenvalue weighted by atomic mass is 9.82. The van der Waals surface area contributed by atoms with Gasteiger partial charge in [-0.2, -0.15) is 5.10 Å². The van der Waals surface area contributed by atoms with Gasteiger partial charge in [-0.1, -0.05) is 19.3 Å². The second-order valence-corrected chi connectivity index (χ2v) is 6.48. The van der Waals surface area contributed by atoms with Gasteiger partial charge in [0.2, 0.25) is 5.91 Å². The molecule has 120 valence electrons. The summed E-state index contributed by atoms with van der Waals surface area (Å²) in [6, 6.07) is -0.151. The van der Waals surface area contributed by atoms with Crippen molar-refractivity contribution in [2.75, 3.05) is 0 Å². The number of nitrogens with one attached hydrogen (secondary N) is 1. The molecule has 0 saturated heterocycles. The molecule has 3 rings (SSSR count). The first kappa shape index (κ1) is 15.1. The number of amides is 2. The molecule has 1 aromatic rings. The Balaban J connectivity index is 1.71. The first-order chi connectivity index (χ1) is 10.6. The Labute approximate surface area is 130 Å². The third-order valence-corrected chi connectivity index (χ3v) is 4.93. The van der Waals surface area contributed by atoms with E-state index in [9.17, 15) is 9.59 Å². The Morgan fingerprint density at radius 1 is 1.32 bits per heavy atom. The van der Waals surface area contributed by atoms with E-state index in [-0.39, 0.29) is 24.3 Å². The molecule has 6 heteroatoms. The SMILES string of the molecule is NC(=O)CC(NC(=O)c1cnn2c1CCC2)C1CCCCC1. The lowest BCUT2D eigenvalue weighted by Crippen LogP contribution is -2.43. The summed E-state index contributed by atoms with van der Waals surface area (Å²) in [6.45, 7) is 0.885. The van der Waals surface area contributed by atoms with Crippen molar-refractivity contribution in [3.63, 3.8) is 0 Å². The van der Waals surface area contributed by atoms with Crippen LogP contribution >= 0.6 is 0 Å². The highest BCUT2D eigenvalue weighted by molar-refractivity contribution is 5.95. The van der Waals surface area contributed by atoms with Crippen LogP contribution in [0.2, 0.25) is 0 Å². The van der Waals surface area contributed by atoms with Crippen LogP contribution in [0.5, 0.6) is 0 Å². The number of primary amides is 1. The van der Waals surface area contributed by atoms with Gasteiger partial charge in [0.05, 0.1) is 17.5 Å². The molecule has 1 fully saturated rings. The number of rotatable bonds is 5. The average molecular weight is 304 g/mol. The van der Waals surface area contributed by atoms with E-state index in [1.165, 1.54) is 19.3 Å². The van der Waals surface area contributed by atoms with E-state index >= 15 is 0 Å². The molecule has 0 bridgehead atoms. The number of hydrogen-bond acceptors (Lipinski definition) is 3. The van der Waals surface area contributed by atoms with Crippen molar-refractivity contribution >= 4 is 11.8 Å². The maximum atomic E-state index is 12.6. The van der Waals surface area contributed by atoms with Crippen LogP contribution in [0.1, 0.15) is 61.0 Å². The fourth-order valence-corrected chi connectivity index (χ4v) is 3.79. The molecule has 6 nitrogen and oxygen atoms in total. The van der Waals surface area contributed by atoms with Crippen molar-refractivity contribution in [3.8, 4) is 0 Å². The van der Waals surface area contributed by atoms with Gasteiger partial charge in [-0.3, -0.25) is 14.3 Å². The maximum Gasteiger partial charge on any atom is 0.254 e. The summed E-state index contributed by atoms with van der Waals surface area (Å²) in [5, 5.41) is 7.32. The molecule has 1 unspecified atom stereocenters. The normalized spacial score (nSPS) is 19.6. The van der Waals surface area contributed by atoms with Crippen LogP contribution in [0.25, 0.3) is 0 Å². The quantitative estimate of drug-likeness (QED) is 0.861. The zero-order valence-electron chi connectivity index (χ0n) is 12.9. The molecule has 2 heterocycles. The minimum Gasteiger partial charge on any atom is -0.370 e. The number of carbonyl (C=O) groups is 2. The van der Waals surface area contributed by atoms with Crippen molar-refractivity contribution in [2.45, 2.75) is 64.0 Å². The van der Waals surface area contributed by atoms with Crippen LogP contribution in [0.15, 0.2) is 6.20 Å². The predicted octanol–water partition coefficient (Wildman–Crippen LogP) is 1.38. The van der Waals surface area contributed by atoms with Crippen LogP contribution < -0.4 is 11.1 Å². The van der Waals surface area contributed by atoms with E-state index in [1.54, 1.807) is 6.20 Å². The lowest BCUT2D eigenvalue weighted by Gasteiger charge is -2.30. The van der Waals surface area contributed by atoms with Crippen molar-refractivity contribution < 1.29 is 9.59 Å². The van der Waals surface area contributed by atoms with Crippen molar-refractivity contribution in [1.82, 2.24) is 15.1 Å². The number of carbonyl (C=O) groups excluding carboxylic acids is 2. The summed E-state index contributed by atoms with van der Waals surface area (Å²) >= 11 is 0. The van der Waals surface area contributed by atoms with Gasteiger partial charge in [0.1, 0.15) is 0 Å². The van der Waals surface area contributed by atoms with E-state index in [2.05, 4.69) is 10.4 Å². The van der Waals surface area contributed by atoms with Gasteiger partial charge in [-0.15, -0.1) is 0 Å². The second-order valence-electron chi connectivity index (χ2n) is 6.48. The van der Waals surface area contributed by atoms with Crippen molar-refractivity contribution in [1.29, 1.82) is 0 Å². The molecule has 1 atom stereocenters. The monoisotopic (exact) mass is 304 g/mol. The third-order valence-electron chi connectivity index (χ3n) is 4.93. The Bertz CT molecular complexity index is 560. The van der Waals surface area contributed by atoms with Gasteiger partial charge in [-0.05, 0) is 31.6 Å². The number of aryl methyl sites for hydroxylation is 1. The zero-order chi connectivity index (χ0) is 15.5. The summed E-state index contributed by atoms with van der Waals surface area (Å²) in [5.74, 6) is -0.107. The molecule has 0 aromatic carbocycles. The summed E-state index contributed by atoms with van der Waals surface area (Å²) in [4.78, 5) is 23.9. The standard InChI is InChI=1S/C16H24N4O2/c17-15(21)9-13(11-5-2-1-3-6-11)19-16(22)12-10-18-20-8-4-7-14(12)20/h10-11,13H,1-9H2,(H2,17,21)(H,19,22). The highest BCUT2D eigenvalue weighted by atomic mass is 16.2. The first-order valence-electron chi connectivity index (χ1n) is 8.29. The maximum absolute atomic E-state index is 12.6. The van der Waals surface area contributed by atoms with E-state index in [4.69, 9.17) is 5.73 Å². The number of fused-ring (bicyclic) bond motifs is 1. The molecule has 2 amide bonds. The van der Waals surface area contributed by atoms with Gasteiger partial charge in [0.15, 0.2) is 0 Å². The van der Waals surface area contributed by atoms with Gasteiger partial charge < -0.3 is 11.1 Å². The second kappa shape index (κ2) is 6.50. The molecule has 1 aliphatic carbocycles. The van der Waals surface area contributed by atoms with Crippen LogP contribution in [0.4, 0.5) is 0 Å². The zero-order valence-corrected chi connectivity index (χ0v) is 12.9. The van der Waals surface area contributed by atoms with Crippen LogP contribution in [-0.4, -0.2) is 27.6 Å². The minimum absolute atomic E-state index is 0.111. The molecule has 1 saturated carbocycles. The largest absolute Gasteiger partial charge is 0.370 e. The van der Waals surface area contributed by atoms with Crippen LogP contribution in [0.3, 0.4) is 0 Å². The van der Waals surface area contributed by atoms with Gasteiger partial charge in [-0.25, -0.2) is 0 Å². The Hall–Kier alpha value is -1.85. The Morgan fingerprint density at radius 2 is 2.09 bits per heavy atom. The smallest absolute Gasteiger partial charge is 0.254 e. The highest BCUT2D eigenvalue weighted by Gasteiger charge is 2.29. The summed E-state index contributed by atoms with van der Waals surface area (Å²) < 4.78 is 1.90. The Kier molecular flexibility index (Phi) is 4.45. The number of hydrogen-bond donors (Lipinski definition) is 2. The van der Waals surface area contributed by atoms with Crippen molar-refractivity contribution in [3.05, 3.63) is 17.5 Å². The summed E-state index contributed by atoms with van der Waals surface area (Å²) in [7, 11) is 0. The minimum atomic E-state index is -0.351. The average Bonchev–Trinajstić information content (AvgIpc) is 3.09. The fraction of sp³-hybridized carbons (Fsp3) is 0.688. The van der Waals surface area contributed by atoms with E-state index in [0.29, 0.717) is 11.5 Å². The van der Waals surface area contributed by atoms with E-state index in [1.807, 2.05) is 4.68 Å². The molecule has 1 aromatic heterocycles. The molecular weight excluding hydrogens is 280 g/mol. The number of nitrogens with zero attached hydrogens (tertiary/aromatic N) is 2.